The second kappa shape index (κ2) is 3.49. The van der Waals surface area contributed by atoms with Crippen LogP contribution < -0.4 is 10.4 Å². The van der Waals surface area contributed by atoms with E-state index in [1.54, 1.807) is 24.3 Å². The van der Waals surface area contributed by atoms with Crippen molar-refractivity contribution in [3.05, 3.63) is 42.1 Å². The highest BCUT2D eigenvalue weighted by atomic mass is 19.4. The molecule has 0 aliphatic carbocycles. The molecule has 1 aromatic rings. The molecule has 1 N–H and O–H groups in total. The molecule has 5 heteroatoms. The van der Waals surface area contributed by atoms with E-state index in [9.17, 15) is 13.2 Å². The Morgan fingerprint density at radius 1 is 1.13 bits per heavy atom. The molecular formula is C10H9F3N2. The predicted molar refractivity (Wildman–Crippen MR) is 51.1 cm³/mol. The van der Waals surface area contributed by atoms with Crippen LogP contribution in [-0.2, 0) is 0 Å². The molecule has 0 saturated carbocycles. The molecule has 1 aliphatic heterocycles. The highest BCUT2D eigenvalue weighted by Crippen LogP contribution is 2.27. The van der Waals surface area contributed by atoms with Gasteiger partial charge in [0.1, 0.15) is 5.70 Å². The molecule has 1 aliphatic rings. The third-order valence-electron chi connectivity index (χ3n) is 2.11. The van der Waals surface area contributed by atoms with Crippen LogP contribution in [0.2, 0.25) is 0 Å². The van der Waals surface area contributed by atoms with Gasteiger partial charge in [-0.3, -0.25) is 10.4 Å². The maximum absolute atomic E-state index is 12.3. The topological polar surface area (TPSA) is 15.3 Å². The molecule has 2 rings (SSSR count). The standard InChI is InChI=1S/C10H9F3N2/c11-10(12,13)9-6-7-15(14-9)8-4-2-1-3-5-8/h1-6,14H,7H2. The molecule has 0 aromatic heterocycles. The summed E-state index contributed by atoms with van der Waals surface area (Å²) in [7, 11) is 0. The van der Waals surface area contributed by atoms with Gasteiger partial charge in [0.25, 0.3) is 0 Å². The zero-order valence-corrected chi connectivity index (χ0v) is 7.75. The lowest BCUT2D eigenvalue weighted by Gasteiger charge is -2.20. The second-order valence-corrected chi connectivity index (χ2v) is 3.17. The Labute approximate surface area is 85.0 Å². The highest BCUT2D eigenvalue weighted by Gasteiger charge is 2.37. The van der Waals surface area contributed by atoms with Crippen LogP contribution >= 0.6 is 0 Å². The number of halogens is 3. The molecule has 0 bridgehead atoms. The Kier molecular flexibility index (Phi) is 2.30. The van der Waals surface area contributed by atoms with E-state index in [-0.39, 0.29) is 6.54 Å². The molecule has 1 aromatic carbocycles. The number of hydrogen-bond acceptors (Lipinski definition) is 2. The highest BCUT2D eigenvalue weighted by molar-refractivity contribution is 5.48. The van der Waals surface area contributed by atoms with Gasteiger partial charge in [0.2, 0.25) is 0 Å². The maximum atomic E-state index is 12.3. The van der Waals surface area contributed by atoms with E-state index < -0.39 is 11.9 Å². The summed E-state index contributed by atoms with van der Waals surface area (Å²) >= 11 is 0. The quantitative estimate of drug-likeness (QED) is 0.772. The largest absolute Gasteiger partial charge is 0.432 e. The minimum absolute atomic E-state index is 0.221. The summed E-state index contributed by atoms with van der Waals surface area (Å²) in [6, 6.07) is 8.88. The lowest BCUT2D eigenvalue weighted by molar-refractivity contribution is -0.0958. The average molecular weight is 214 g/mol. The van der Waals surface area contributed by atoms with E-state index in [2.05, 4.69) is 5.43 Å². The van der Waals surface area contributed by atoms with Gasteiger partial charge in [-0.25, -0.2) is 0 Å². The second-order valence-electron chi connectivity index (χ2n) is 3.17. The van der Waals surface area contributed by atoms with Crippen molar-refractivity contribution in [3.63, 3.8) is 0 Å². The van der Waals surface area contributed by atoms with Gasteiger partial charge in [-0.05, 0) is 18.2 Å². The molecule has 0 unspecified atom stereocenters. The van der Waals surface area contributed by atoms with Gasteiger partial charge in [-0.15, -0.1) is 0 Å². The van der Waals surface area contributed by atoms with Crippen molar-refractivity contribution in [2.45, 2.75) is 6.18 Å². The molecular weight excluding hydrogens is 205 g/mol. The summed E-state index contributed by atoms with van der Waals surface area (Å²) < 4.78 is 36.9. The van der Waals surface area contributed by atoms with Crippen molar-refractivity contribution in [1.82, 2.24) is 5.43 Å². The van der Waals surface area contributed by atoms with Crippen LogP contribution in [0.3, 0.4) is 0 Å². The number of benzene rings is 1. The van der Waals surface area contributed by atoms with E-state index in [4.69, 9.17) is 0 Å². The summed E-state index contributed by atoms with van der Waals surface area (Å²) in [5.41, 5.74) is 2.33. The number of allylic oxidation sites excluding steroid dienone is 1. The zero-order valence-electron chi connectivity index (χ0n) is 7.75. The van der Waals surface area contributed by atoms with Crippen molar-refractivity contribution in [3.8, 4) is 0 Å². The third kappa shape index (κ3) is 2.06. The molecule has 1 heterocycles. The van der Waals surface area contributed by atoms with Gasteiger partial charge in [-0.2, -0.15) is 13.2 Å². The van der Waals surface area contributed by atoms with Gasteiger partial charge in [0, 0.05) is 0 Å². The Morgan fingerprint density at radius 3 is 2.33 bits per heavy atom. The Bertz CT molecular complexity index is 370. The van der Waals surface area contributed by atoms with Crippen LogP contribution in [-0.4, -0.2) is 12.7 Å². The number of nitrogens with zero attached hydrogens (tertiary/aromatic N) is 1. The lowest BCUT2D eigenvalue weighted by Crippen LogP contribution is -2.35. The fourth-order valence-corrected chi connectivity index (χ4v) is 1.38. The molecule has 0 spiro atoms. The first-order valence-electron chi connectivity index (χ1n) is 4.44. The molecule has 0 radical (unpaired) electrons. The SMILES string of the molecule is FC(F)(F)C1=CCN(c2ccccc2)N1. The van der Waals surface area contributed by atoms with Gasteiger partial charge in [0.05, 0.1) is 12.2 Å². The van der Waals surface area contributed by atoms with Gasteiger partial charge in [0.15, 0.2) is 0 Å². The summed E-state index contributed by atoms with van der Waals surface area (Å²) in [6.45, 7) is 0.221. The van der Waals surface area contributed by atoms with Crippen molar-refractivity contribution in [2.75, 3.05) is 11.6 Å². The summed E-state index contributed by atoms with van der Waals surface area (Å²) in [5, 5.41) is 1.45. The van der Waals surface area contributed by atoms with Crippen LogP contribution in [0.1, 0.15) is 0 Å². The summed E-state index contributed by atoms with van der Waals surface area (Å²) in [6.07, 6.45) is -3.17. The van der Waals surface area contributed by atoms with E-state index >= 15 is 0 Å². The maximum Gasteiger partial charge on any atom is 0.432 e. The van der Waals surface area contributed by atoms with E-state index in [0.717, 1.165) is 6.08 Å². The van der Waals surface area contributed by atoms with Gasteiger partial charge < -0.3 is 0 Å². The fraction of sp³-hybridized carbons (Fsp3) is 0.200. The molecule has 0 amide bonds. The number of anilines is 1. The number of alkyl halides is 3. The molecule has 0 fully saturated rings. The van der Waals surface area contributed by atoms with Crippen LogP contribution in [0.4, 0.5) is 18.9 Å². The minimum Gasteiger partial charge on any atom is -0.294 e. The van der Waals surface area contributed by atoms with Crippen LogP contribution in [0.25, 0.3) is 0 Å². The number of rotatable bonds is 1. The molecule has 2 nitrogen and oxygen atoms in total. The molecule has 15 heavy (non-hydrogen) atoms. The first kappa shape index (κ1) is 9.89. The summed E-state index contributed by atoms with van der Waals surface area (Å²) in [4.78, 5) is 0. The first-order valence-corrected chi connectivity index (χ1v) is 4.44. The van der Waals surface area contributed by atoms with Gasteiger partial charge in [-0.1, -0.05) is 18.2 Å². The summed E-state index contributed by atoms with van der Waals surface area (Å²) in [5.74, 6) is 0. The van der Waals surface area contributed by atoms with Crippen LogP contribution in [0.5, 0.6) is 0 Å². The lowest BCUT2D eigenvalue weighted by atomic mass is 10.3. The minimum atomic E-state index is -4.30. The molecule has 0 saturated heterocycles. The molecule has 0 atom stereocenters. The van der Waals surface area contributed by atoms with E-state index in [0.29, 0.717) is 5.69 Å². The first-order chi connectivity index (χ1) is 7.07. The Hall–Kier alpha value is -1.65. The Morgan fingerprint density at radius 2 is 1.80 bits per heavy atom. The number of hydrogen-bond donors (Lipinski definition) is 1. The third-order valence-corrected chi connectivity index (χ3v) is 2.11. The molecule has 80 valence electrons. The zero-order chi connectivity index (χ0) is 10.9. The van der Waals surface area contributed by atoms with Crippen molar-refractivity contribution in [1.29, 1.82) is 0 Å². The van der Waals surface area contributed by atoms with Crippen LogP contribution in [0, 0.1) is 0 Å². The number of nitrogens with one attached hydrogen (secondary N) is 1. The van der Waals surface area contributed by atoms with E-state index in [1.165, 1.54) is 5.01 Å². The number of hydrazine groups is 1. The van der Waals surface area contributed by atoms with Crippen LogP contribution in [0.15, 0.2) is 42.1 Å². The van der Waals surface area contributed by atoms with Crippen molar-refractivity contribution in [2.24, 2.45) is 0 Å². The number of para-hydroxylation sites is 1. The average Bonchev–Trinajstić information content (AvgIpc) is 2.67. The normalized spacial score (nSPS) is 16.2. The van der Waals surface area contributed by atoms with Crippen molar-refractivity contribution >= 4 is 5.69 Å². The van der Waals surface area contributed by atoms with Crippen molar-refractivity contribution < 1.29 is 13.2 Å². The smallest absolute Gasteiger partial charge is 0.294 e. The Balaban J connectivity index is 2.09. The predicted octanol–water partition coefficient (Wildman–Crippen LogP) is 2.46. The van der Waals surface area contributed by atoms with E-state index in [1.807, 2.05) is 6.07 Å². The monoisotopic (exact) mass is 214 g/mol. The van der Waals surface area contributed by atoms with Gasteiger partial charge >= 0.3 is 6.18 Å². The fourth-order valence-electron chi connectivity index (χ4n) is 1.38.